The molecular weight excluding hydrogens is 328 g/mol. The van der Waals surface area contributed by atoms with Gasteiger partial charge in [0.15, 0.2) is 6.29 Å². The molecule has 0 bridgehead atoms. The van der Waals surface area contributed by atoms with Crippen molar-refractivity contribution in [1.29, 1.82) is 0 Å². The molecule has 1 aromatic carbocycles. The fourth-order valence-electron chi connectivity index (χ4n) is 1.44. The maximum absolute atomic E-state index is 10.9. The number of hydrogen-bond acceptors (Lipinski definition) is 2. The summed E-state index contributed by atoms with van der Waals surface area (Å²) in [6.07, 6.45) is 0.901. The quantitative estimate of drug-likeness (QED) is 0.589. The molecule has 0 fully saturated rings. The molecule has 4 heteroatoms. The van der Waals surface area contributed by atoms with E-state index in [1.165, 1.54) is 4.70 Å². The molecule has 0 saturated carbocycles. The highest BCUT2D eigenvalue weighted by Gasteiger charge is 2.10. The molecule has 0 radical (unpaired) electrons. The van der Waals surface area contributed by atoms with E-state index >= 15 is 0 Å². The minimum Gasteiger partial charge on any atom is -0.298 e. The van der Waals surface area contributed by atoms with Crippen molar-refractivity contribution in [1.82, 2.24) is 0 Å². The molecule has 2 rings (SSSR count). The van der Waals surface area contributed by atoms with Crippen LogP contribution in [0.2, 0.25) is 0 Å². The topological polar surface area (TPSA) is 17.1 Å². The molecule has 1 aromatic heterocycles. The zero-order chi connectivity index (χ0) is 10.1. The van der Waals surface area contributed by atoms with Crippen LogP contribution in [0.25, 0.3) is 10.1 Å². The number of benzene rings is 1. The molecule has 0 aliphatic rings. The van der Waals surface area contributed by atoms with Crippen molar-refractivity contribution in [3.63, 3.8) is 0 Å². The van der Waals surface area contributed by atoms with Gasteiger partial charge in [-0.2, -0.15) is 0 Å². The first kappa shape index (κ1) is 10.3. The average Bonchev–Trinajstić information content (AvgIpc) is 2.62. The van der Waals surface area contributed by atoms with E-state index < -0.39 is 0 Å². The van der Waals surface area contributed by atoms with Crippen LogP contribution in [0.4, 0.5) is 0 Å². The standard InChI is InChI=1S/C10H6Br2OS/c11-4-7-6-1-2-14-10(6)3-9(12)8(7)5-13/h1-3,5H,4H2. The summed E-state index contributed by atoms with van der Waals surface area (Å²) in [5, 5.41) is 3.91. The molecule has 0 aliphatic carbocycles. The van der Waals surface area contributed by atoms with Crippen LogP contribution in [0.15, 0.2) is 22.0 Å². The van der Waals surface area contributed by atoms with Gasteiger partial charge in [-0.1, -0.05) is 15.9 Å². The van der Waals surface area contributed by atoms with Gasteiger partial charge in [-0.3, -0.25) is 4.79 Å². The summed E-state index contributed by atoms with van der Waals surface area (Å²) >= 11 is 8.51. The van der Waals surface area contributed by atoms with E-state index in [1.807, 2.05) is 11.4 Å². The molecular formula is C10H6Br2OS. The van der Waals surface area contributed by atoms with E-state index in [-0.39, 0.29) is 0 Å². The van der Waals surface area contributed by atoms with Crippen LogP contribution in [0.1, 0.15) is 15.9 Å². The third-order valence-corrected chi connectivity index (χ3v) is 4.19. The van der Waals surface area contributed by atoms with Crippen molar-refractivity contribution < 1.29 is 4.79 Å². The molecule has 0 aliphatic heterocycles. The van der Waals surface area contributed by atoms with Crippen LogP contribution in [-0.4, -0.2) is 6.29 Å². The highest BCUT2D eigenvalue weighted by Crippen LogP contribution is 2.33. The summed E-state index contributed by atoms with van der Waals surface area (Å²) in [7, 11) is 0. The van der Waals surface area contributed by atoms with Crippen molar-refractivity contribution in [2.24, 2.45) is 0 Å². The number of aldehydes is 1. The van der Waals surface area contributed by atoms with Crippen LogP contribution < -0.4 is 0 Å². The summed E-state index contributed by atoms with van der Waals surface area (Å²) in [5.74, 6) is 0. The minimum atomic E-state index is 0.702. The maximum Gasteiger partial charge on any atom is 0.151 e. The smallest absolute Gasteiger partial charge is 0.151 e. The summed E-state index contributed by atoms with van der Waals surface area (Å²) in [5.41, 5.74) is 1.80. The zero-order valence-electron chi connectivity index (χ0n) is 7.09. The number of thiophene rings is 1. The number of fused-ring (bicyclic) bond motifs is 1. The highest BCUT2D eigenvalue weighted by atomic mass is 79.9. The number of carbonyl (C=O) groups is 1. The van der Waals surface area contributed by atoms with E-state index in [4.69, 9.17) is 0 Å². The van der Waals surface area contributed by atoms with Gasteiger partial charge >= 0.3 is 0 Å². The van der Waals surface area contributed by atoms with Crippen molar-refractivity contribution in [3.8, 4) is 0 Å². The monoisotopic (exact) mass is 332 g/mol. The lowest BCUT2D eigenvalue weighted by Gasteiger charge is -2.05. The lowest BCUT2D eigenvalue weighted by Crippen LogP contribution is -1.91. The highest BCUT2D eigenvalue weighted by molar-refractivity contribution is 9.10. The Bertz CT molecular complexity index is 490. The van der Waals surface area contributed by atoms with Gasteiger partial charge in [0.05, 0.1) is 0 Å². The van der Waals surface area contributed by atoms with Gasteiger partial charge in [0.25, 0.3) is 0 Å². The van der Waals surface area contributed by atoms with Crippen molar-refractivity contribution >= 4 is 59.6 Å². The molecule has 14 heavy (non-hydrogen) atoms. The molecule has 0 spiro atoms. The van der Waals surface area contributed by atoms with Crippen LogP contribution in [0.3, 0.4) is 0 Å². The summed E-state index contributed by atoms with van der Waals surface area (Å²) in [4.78, 5) is 10.9. The Kier molecular flexibility index (Phi) is 3.04. The number of carbonyl (C=O) groups excluding carboxylic acids is 1. The molecule has 0 N–H and O–H groups in total. The molecule has 0 unspecified atom stereocenters. The van der Waals surface area contributed by atoms with E-state index in [9.17, 15) is 4.79 Å². The fourth-order valence-corrected chi connectivity index (χ4v) is 3.61. The van der Waals surface area contributed by atoms with Gasteiger partial charge in [0, 0.05) is 20.1 Å². The Labute approximate surface area is 102 Å². The van der Waals surface area contributed by atoms with E-state index in [0.29, 0.717) is 5.33 Å². The molecule has 0 atom stereocenters. The second kappa shape index (κ2) is 4.13. The minimum absolute atomic E-state index is 0.702. The van der Waals surface area contributed by atoms with Gasteiger partial charge in [-0.25, -0.2) is 0 Å². The Hall–Kier alpha value is -0.190. The molecule has 1 heterocycles. The summed E-state index contributed by atoms with van der Waals surface area (Å²) < 4.78 is 2.08. The Morgan fingerprint density at radius 3 is 2.93 bits per heavy atom. The largest absolute Gasteiger partial charge is 0.298 e. The Morgan fingerprint density at radius 1 is 1.50 bits per heavy atom. The second-order valence-electron chi connectivity index (χ2n) is 2.83. The summed E-state index contributed by atoms with van der Waals surface area (Å²) in [6, 6.07) is 4.05. The van der Waals surface area contributed by atoms with Crippen LogP contribution >= 0.6 is 43.2 Å². The zero-order valence-corrected chi connectivity index (χ0v) is 11.1. The number of alkyl halides is 1. The fraction of sp³-hybridized carbons (Fsp3) is 0.100. The first-order valence-corrected chi connectivity index (χ1v) is 6.77. The Balaban J connectivity index is 2.88. The van der Waals surface area contributed by atoms with Crippen molar-refractivity contribution in [3.05, 3.63) is 33.1 Å². The van der Waals surface area contributed by atoms with Gasteiger partial charge < -0.3 is 0 Å². The maximum atomic E-state index is 10.9. The second-order valence-corrected chi connectivity index (χ2v) is 5.20. The van der Waals surface area contributed by atoms with Gasteiger partial charge in [-0.15, -0.1) is 11.3 Å². The van der Waals surface area contributed by atoms with Crippen LogP contribution in [0.5, 0.6) is 0 Å². The van der Waals surface area contributed by atoms with Crippen molar-refractivity contribution in [2.45, 2.75) is 5.33 Å². The lowest BCUT2D eigenvalue weighted by molar-refractivity contribution is 0.112. The molecule has 72 valence electrons. The lowest BCUT2D eigenvalue weighted by atomic mass is 10.1. The SMILES string of the molecule is O=Cc1c(Br)cc2sccc2c1CBr. The van der Waals surface area contributed by atoms with Crippen LogP contribution in [-0.2, 0) is 5.33 Å². The molecule has 2 aromatic rings. The third-order valence-electron chi connectivity index (χ3n) is 2.11. The van der Waals surface area contributed by atoms with Crippen LogP contribution in [0, 0.1) is 0 Å². The first-order valence-electron chi connectivity index (χ1n) is 3.97. The van der Waals surface area contributed by atoms with Crippen molar-refractivity contribution in [2.75, 3.05) is 0 Å². The summed E-state index contributed by atoms with van der Waals surface area (Å²) in [6.45, 7) is 0. The van der Waals surface area contributed by atoms with E-state index in [1.54, 1.807) is 11.3 Å². The number of halogens is 2. The Morgan fingerprint density at radius 2 is 2.29 bits per heavy atom. The predicted molar refractivity (Wildman–Crippen MR) is 67.5 cm³/mol. The predicted octanol–water partition coefficient (Wildman–Crippen LogP) is 4.37. The molecule has 0 saturated heterocycles. The first-order chi connectivity index (χ1) is 6.77. The van der Waals surface area contributed by atoms with Gasteiger partial charge in [-0.05, 0) is 44.4 Å². The average molecular weight is 334 g/mol. The number of hydrogen-bond donors (Lipinski definition) is 0. The van der Waals surface area contributed by atoms with Gasteiger partial charge in [0.1, 0.15) is 0 Å². The molecule has 0 amide bonds. The van der Waals surface area contributed by atoms with E-state index in [2.05, 4.69) is 37.9 Å². The normalized spacial score (nSPS) is 10.7. The van der Waals surface area contributed by atoms with E-state index in [0.717, 1.165) is 27.3 Å². The molecule has 1 nitrogen and oxygen atoms in total. The number of rotatable bonds is 2. The van der Waals surface area contributed by atoms with Gasteiger partial charge in [0.2, 0.25) is 0 Å². The third kappa shape index (κ3) is 1.55.